The van der Waals surface area contributed by atoms with E-state index in [4.69, 9.17) is 0 Å². The van der Waals surface area contributed by atoms with Crippen molar-refractivity contribution >= 4 is 11.8 Å². The fourth-order valence-electron chi connectivity index (χ4n) is 3.84. The Morgan fingerprint density at radius 2 is 1.47 bits per heavy atom. The number of halogens is 1. The molecule has 0 aliphatic rings. The van der Waals surface area contributed by atoms with Crippen molar-refractivity contribution in [2.75, 3.05) is 0 Å². The van der Waals surface area contributed by atoms with Crippen molar-refractivity contribution in [1.82, 2.24) is 10.2 Å². The summed E-state index contributed by atoms with van der Waals surface area (Å²) in [5.74, 6) is -0.779. The van der Waals surface area contributed by atoms with Crippen LogP contribution in [0.5, 0.6) is 0 Å². The third kappa shape index (κ3) is 7.27. The number of hydrogen-bond acceptors (Lipinski definition) is 2. The fourth-order valence-corrected chi connectivity index (χ4v) is 3.84. The monoisotopic (exact) mass is 460 g/mol. The van der Waals surface area contributed by atoms with E-state index in [1.54, 1.807) is 23.1 Å². The molecule has 0 bridgehead atoms. The second-order valence-electron chi connectivity index (χ2n) is 8.62. The average molecular weight is 461 g/mol. The van der Waals surface area contributed by atoms with Gasteiger partial charge in [-0.2, -0.15) is 0 Å². The lowest BCUT2D eigenvalue weighted by Crippen LogP contribution is -2.52. The molecule has 3 rings (SSSR count). The van der Waals surface area contributed by atoms with Crippen LogP contribution in [0, 0.1) is 5.82 Å². The molecule has 3 aromatic carbocycles. The standard InChI is InChI=1S/C29H33FN2O2/c1-3-22(2)31-29(34)27(20-24-14-8-5-9-15-24)32(21-25-16-10-11-17-26(25)30)28(33)19-18-23-12-6-4-7-13-23/h4-17,22,27H,3,18-21H2,1-2H3,(H,31,34). The number of amides is 2. The molecule has 178 valence electrons. The summed E-state index contributed by atoms with van der Waals surface area (Å²) in [4.78, 5) is 28.5. The zero-order chi connectivity index (χ0) is 24.3. The van der Waals surface area contributed by atoms with Crippen LogP contribution in [0.2, 0.25) is 0 Å². The summed E-state index contributed by atoms with van der Waals surface area (Å²) in [5, 5.41) is 3.03. The van der Waals surface area contributed by atoms with Crippen molar-refractivity contribution in [2.24, 2.45) is 0 Å². The van der Waals surface area contributed by atoms with Crippen LogP contribution in [-0.4, -0.2) is 28.8 Å². The van der Waals surface area contributed by atoms with E-state index in [2.05, 4.69) is 5.32 Å². The Balaban J connectivity index is 1.92. The zero-order valence-corrected chi connectivity index (χ0v) is 19.9. The summed E-state index contributed by atoms with van der Waals surface area (Å²) in [6.07, 6.45) is 1.92. The van der Waals surface area contributed by atoms with Crippen molar-refractivity contribution in [3.63, 3.8) is 0 Å². The van der Waals surface area contributed by atoms with Crippen LogP contribution >= 0.6 is 0 Å². The number of carbonyl (C=O) groups excluding carboxylic acids is 2. The number of aryl methyl sites for hydroxylation is 1. The van der Waals surface area contributed by atoms with Crippen molar-refractivity contribution in [3.8, 4) is 0 Å². The van der Waals surface area contributed by atoms with E-state index in [1.807, 2.05) is 74.5 Å². The highest BCUT2D eigenvalue weighted by Crippen LogP contribution is 2.18. The smallest absolute Gasteiger partial charge is 0.243 e. The van der Waals surface area contributed by atoms with Gasteiger partial charge in [0.1, 0.15) is 11.9 Å². The van der Waals surface area contributed by atoms with Gasteiger partial charge in [-0.25, -0.2) is 4.39 Å². The Hall–Kier alpha value is -3.47. The average Bonchev–Trinajstić information content (AvgIpc) is 2.86. The summed E-state index contributed by atoms with van der Waals surface area (Å²) in [7, 11) is 0. The molecular formula is C29H33FN2O2. The topological polar surface area (TPSA) is 49.4 Å². The lowest BCUT2D eigenvalue weighted by atomic mass is 10.0. The minimum absolute atomic E-state index is 0.0273. The van der Waals surface area contributed by atoms with Gasteiger partial charge in [0.15, 0.2) is 0 Å². The number of nitrogens with one attached hydrogen (secondary N) is 1. The fraction of sp³-hybridized carbons (Fsp3) is 0.310. The molecule has 1 N–H and O–H groups in total. The lowest BCUT2D eigenvalue weighted by molar-refractivity contribution is -0.141. The molecule has 0 fully saturated rings. The van der Waals surface area contributed by atoms with Crippen molar-refractivity contribution < 1.29 is 14.0 Å². The van der Waals surface area contributed by atoms with Crippen LogP contribution in [0.3, 0.4) is 0 Å². The minimum atomic E-state index is -0.751. The molecule has 4 nitrogen and oxygen atoms in total. The Kier molecular flexibility index (Phi) is 9.39. The molecule has 0 aliphatic carbocycles. The zero-order valence-electron chi connectivity index (χ0n) is 19.9. The normalized spacial score (nSPS) is 12.6. The second-order valence-corrected chi connectivity index (χ2v) is 8.62. The number of rotatable bonds is 11. The molecule has 2 amide bonds. The van der Waals surface area contributed by atoms with Gasteiger partial charge in [0.05, 0.1) is 0 Å². The van der Waals surface area contributed by atoms with E-state index >= 15 is 0 Å². The molecule has 0 aliphatic heterocycles. The molecule has 0 spiro atoms. The Bertz CT molecular complexity index is 1060. The SMILES string of the molecule is CCC(C)NC(=O)C(Cc1ccccc1)N(Cc1ccccc1F)C(=O)CCc1ccccc1. The third-order valence-corrected chi connectivity index (χ3v) is 6.04. The number of benzene rings is 3. The molecule has 0 radical (unpaired) electrons. The summed E-state index contributed by atoms with van der Waals surface area (Å²) in [5.41, 5.74) is 2.39. The second kappa shape index (κ2) is 12.7. The summed E-state index contributed by atoms with van der Waals surface area (Å²) in [6, 6.07) is 25.0. The van der Waals surface area contributed by atoms with E-state index in [9.17, 15) is 14.0 Å². The van der Waals surface area contributed by atoms with Gasteiger partial charge in [0, 0.05) is 31.0 Å². The van der Waals surface area contributed by atoms with Crippen LogP contribution in [0.15, 0.2) is 84.9 Å². The maximum absolute atomic E-state index is 14.6. The first-order chi connectivity index (χ1) is 16.5. The van der Waals surface area contributed by atoms with Crippen LogP contribution in [0.25, 0.3) is 0 Å². The molecule has 2 atom stereocenters. The van der Waals surface area contributed by atoms with Gasteiger partial charge in [-0.1, -0.05) is 85.8 Å². The van der Waals surface area contributed by atoms with Gasteiger partial charge in [0.2, 0.25) is 11.8 Å². The van der Waals surface area contributed by atoms with Gasteiger partial charge in [-0.3, -0.25) is 9.59 Å². The maximum atomic E-state index is 14.6. The quantitative estimate of drug-likeness (QED) is 0.421. The van der Waals surface area contributed by atoms with Crippen LogP contribution < -0.4 is 5.32 Å². The summed E-state index contributed by atoms with van der Waals surface area (Å²) < 4.78 is 14.6. The van der Waals surface area contributed by atoms with Crippen LogP contribution in [0.4, 0.5) is 4.39 Å². The van der Waals surface area contributed by atoms with Gasteiger partial charge in [-0.15, -0.1) is 0 Å². The van der Waals surface area contributed by atoms with Gasteiger partial charge >= 0.3 is 0 Å². The van der Waals surface area contributed by atoms with Crippen molar-refractivity contribution in [3.05, 3.63) is 107 Å². The molecule has 0 heterocycles. The highest BCUT2D eigenvalue weighted by atomic mass is 19.1. The van der Waals surface area contributed by atoms with E-state index in [0.717, 1.165) is 17.5 Å². The molecule has 0 aromatic heterocycles. The molecule has 5 heteroatoms. The van der Waals surface area contributed by atoms with E-state index in [1.165, 1.54) is 6.07 Å². The minimum Gasteiger partial charge on any atom is -0.352 e. The summed E-state index contributed by atoms with van der Waals surface area (Å²) >= 11 is 0. The van der Waals surface area contributed by atoms with Crippen LogP contribution in [0.1, 0.15) is 43.4 Å². The molecule has 2 unspecified atom stereocenters. The van der Waals surface area contributed by atoms with Gasteiger partial charge in [-0.05, 0) is 37.0 Å². The van der Waals surface area contributed by atoms with E-state index in [-0.39, 0.29) is 36.6 Å². The maximum Gasteiger partial charge on any atom is 0.243 e. The Labute approximate surface area is 201 Å². The number of nitrogens with zero attached hydrogens (tertiary/aromatic N) is 1. The molecular weight excluding hydrogens is 427 g/mol. The van der Waals surface area contributed by atoms with Crippen molar-refractivity contribution in [2.45, 2.75) is 58.2 Å². The molecule has 0 saturated heterocycles. The first kappa shape index (κ1) is 25.2. The lowest BCUT2D eigenvalue weighted by Gasteiger charge is -2.32. The highest BCUT2D eigenvalue weighted by molar-refractivity contribution is 5.88. The van der Waals surface area contributed by atoms with Gasteiger partial charge < -0.3 is 10.2 Å². The van der Waals surface area contributed by atoms with Gasteiger partial charge in [0.25, 0.3) is 0 Å². The number of carbonyl (C=O) groups is 2. The first-order valence-corrected chi connectivity index (χ1v) is 11.9. The number of hydrogen-bond donors (Lipinski definition) is 1. The third-order valence-electron chi connectivity index (χ3n) is 6.04. The predicted octanol–water partition coefficient (Wildman–Crippen LogP) is 5.31. The largest absolute Gasteiger partial charge is 0.352 e. The van der Waals surface area contributed by atoms with Crippen LogP contribution in [-0.2, 0) is 29.0 Å². The molecule has 3 aromatic rings. The summed E-state index contributed by atoms with van der Waals surface area (Å²) in [6.45, 7) is 3.97. The Morgan fingerprint density at radius 1 is 0.882 bits per heavy atom. The molecule has 34 heavy (non-hydrogen) atoms. The molecule has 0 saturated carbocycles. The van der Waals surface area contributed by atoms with E-state index < -0.39 is 6.04 Å². The highest BCUT2D eigenvalue weighted by Gasteiger charge is 2.31. The first-order valence-electron chi connectivity index (χ1n) is 11.9. The Morgan fingerprint density at radius 3 is 2.09 bits per heavy atom. The predicted molar refractivity (Wildman–Crippen MR) is 134 cm³/mol. The van der Waals surface area contributed by atoms with Crippen molar-refractivity contribution in [1.29, 1.82) is 0 Å². The van der Waals surface area contributed by atoms with E-state index in [0.29, 0.717) is 18.4 Å².